The summed E-state index contributed by atoms with van der Waals surface area (Å²) in [5.74, 6) is 0.675. The fourth-order valence-corrected chi connectivity index (χ4v) is 2.59. The molecular formula is C18H18FNO4. The fraction of sp³-hybridized carbons (Fsp3) is 0.278. The normalized spacial score (nSPS) is 14.0. The zero-order valence-electron chi connectivity index (χ0n) is 13.5. The Morgan fingerprint density at radius 1 is 1.25 bits per heavy atom. The molecule has 3 rings (SSSR count). The number of hydrogen-bond donors (Lipinski definition) is 1. The van der Waals surface area contributed by atoms with Crippen LogP contribution in [-0.4, -0.2) is 26.2 Å². The van der Waals surface area contributed by atoms with Gasteiger partial charge in [-0.25, -0.2) is 4.39 Å². The topological polar surface area (TPSA) is 56.8 Å². The van der Waals surface area contributed by atoms with Gasteiger partial charge in [0, 0.05) is 11.1 Å². The van der Waals surface area contributed by atoms with Crippen LogP contribution in [0.4, 0.5) is 4.39 Å². The van der Waals surface area contributed by atoms with E-state index in [-0.39, 0.29) is 11.7 Å². The third kappa shape index (κ3) is 3.13. The Morgan fingerprint density at radius 2 is 2.00 bits per heavy atom. The number of carbonyl (C=O) groups is 1. The minimum Gasteiger partial charge on any atom is -0.493 e. The van der Waals surface area contributed by atoms with Crippen LogP contribution >= 0.6 is 0 Å². The molecule has 0 aliphatic carbocycles. The summed E-state index contributed by atoms with van der Waals surface area (Å²) in [7, 11) is 1.50. The van der Waals surface area contributed by atoms with E-state index in [1.807, 2.05) is 0 Å². The summed E-state index contributed by atoms with van der Waals surface area (Å²) in [4.78, 5) is 12.5. The van der Waals surface area contributed by atoms with Gasteiger partial charge >= 0.3 is 0 Å². The van der Waals surface area contributed by atoms with Gasteiger partial charge in [-0.2, -0.15) is 0 Å². The minimum absolute atomic E-state index is 0.346. The lowest BCUT2D eigenvalue weighted by atomic mass is 10.1. The summed E-state index contributed by atoms with van der Waals surface area (Å²) in [6.07, 6.45) is 0. The molecule has 0 radical (unpaired) electrons. The van der Waals surface area contributed by atoms with E-state index in [0.29, 0.717) is 41.6 Å². The molecule has 1 aliphatic rings. The molecule has 5 nitrogen and oxygen atoms in total. The van der Waals surface area contributed by atoms with Crippen LogP contribution in [0.15, 0.2) is 36.4 Å². The lowest BCUT2D eigenvalue weighted by molar-refractivity contribution is 0.0937. The molecule has 1 N–H and O–H groups in total. The molecule has 0 fully saturated rings. The third-order valence-electron chi connectivity index (χ3n) is 3.81. The summed E-state index contributed by atoms with van der Waals surface area (Å²) < 4.78 is 30.1. The van der Waals surface area contributed by atoms with Gasteiger partial charge in [0.15, 0.2) is 11.5 Å². The van der Waals surface area contributed by atoms with Crippen molar-refractivity contribution in [2.75, 3.05) is 20.3 Å². The Balaban J connectivity index is 1.84. The minimum atomic E-state index is -0.474. The van der Waals surface area contributed by atoms with Crippen LogP contribution in [0.5, 0.6) is 17.2 Å². The summed E-state index contributed by atoms with van der Waals surface area (Å²) >= 11 is 0. The molecular weight excluding hydrogens is 313 g/mol. The lowest BCUT2D eigenvalue weighted by Crippen LogP contribution is -2.27. The van der Waals surface area contributed by atoms with Crippen LogP contribution in [0, 0.1) is 5.82 Å². The van der Waals surface area contributed by atoms with Gasteiger partial charge in [-0.05, 0) is 25.1 Å². The monoisotopic (exact) mass is 331 g/mol. The summed E-state index contributed by atoms with van der Waals surface area (Å²) in [5, 5.41) is 2.78. The van der Waals surface area contributed by atoms with Gasteiger partial charge in [0.2, 0.25) is 5.75 Å². The van der Waals surface area contributed by atoms with E-state index in [0.717, 1.165) is 0 Å². The van der Waals surface area contributed by atoms with E-state index in [9.17, 15) is 9.18 Å². The average Bonchev–Trinajstić information content (AvgIpc) is 2.60. The van der Waals surface area contributed by atoms with Crippen molar-refractivity contribution >= 4 is 5.91 Å². The first-order chi connectivity index (χ1) is 11.6. The van der Waals surface area contributed by atoms with E-state index in [1.165, 1.54) is 13.2 Å². The number of benzene rings is 2. The molecule has 2 aromatic rings. The molecule has 1 atom stereocenters. The molecule has 6 heteroatoms. The number of nitrogens with one attached hydrogen (secondary N) is 1. The van der Waals surface area contributed by atoms with E-state index in [4.69, 9.17) is 14.2 Å². The largest absolute Gasteiger partial charge is 0.493 e. The molecule has 0 bridgehead atoms. The van der Waals surface area contributed by atoms with Gasteiger partial charge in [-0.3, -0.25) is 4.79 Å². The standard InChI is InChI=1S/C18H18FNO4/c1-11(13-5-3-4-6-14(13)19)20-18(21)12-9-15(22-2)17-16(10-12)23-7-8-24-17/h3-6,9-11H,7-8H2,1-2H3,(H,20,21). The predicted octanol–water partition coefficient (Wildman–Crippen LogP) is 3.10. The second-order valence-corrected chi connectivity index (χ2v) is 5.42. The second kappa shape index (κ2) is 6.78. The highest BCUT2D eigenvalue weighted by Crippen LogP contribution is 2.40. The molecule has 0 saturated heterocycles. The number of fused-ring (bicyclic) bond motifs is 1. The first-order valence-electron chi connectivity index (χ1n) is 7.63. The molecule has 1 unspecified atom stereocenters. The number of carbonyl (C=O) groups excluding carboxylic acids is 1. The maximum absolute atomic E-state index is 13.8. The van der Waals surface area contributed by atoms with Crippen molar-refractivity contribution < 1.29 is 23.4 Å². The van der Waals surface area contributed by atoms with Crippen molar-refractivity contribution in [2.24, 2.45) is 0 Å². The fourth-order valence-electron chi connectivity index (χ4n) is 2.59. The first kappa shape index (κ1) is 16.1. The zero-order valence-corrected chi connectivity index (χ0v) is 13.5. The molecule has 0 spiro atoms. The Kier molecular flexibility index (Phi) is 4.55. The van der Waals surface area contributed by atoms with Crippen molar-refractivity contribution in [3.8, 4) is 17.2 Å². The Labute approximate surface area is 139 Å². The smallest absolute Gasteiger partial charge is 0.252 e. The van der Waals surface area contributed by atoms with Gasteiger partial charge in [-0.15, -0.1) is 0 Å². The van der Waals surface area contributed by atoms with Crippen molar-refractivity contribution in [3.05, 3.63) is 53.3 Å². The number of hydrogen-bond acceptors (Lipinski definition) is 4. The highest BCUT2D eigenvalue weighted by Gasteiger charge is 2.22. The van der Waals surface area contributed by atoms with E-state index < -0.39 is 6.04 Å². The second-order valence-electron chi connectivity index (χ2n) is 5.42. The van der Waals surface area contributed by atoms with Crippen molar-refractivity contribution in [1.82, 2.24) is 5.32 Å². The van der Waals surface area contributed by atoms with E-state index >= 15 is 0 Å². The van der Waals surface area contributed by atoms with E-state index in [1.54, 1.807) is 37.3 Å². The van der Waals surface area contributed by atoms with E-state index in [2.05, 4.69) is 5.32 Å². The highest BCUT2D eigenvalue weighted by molar-refractivity contribution is 5.95. The van der Waals surface area contributed by atoms with Crippen molar-refractivity contribution in [1.29, 1.82) is 0 Å². The molecule has 0 saturated carbocycles. The van der Waals surface area contributed by atoms with Crippen LogP contribution in [0.1, 0.15) is 28.9 Å². The Bertz CT molecular complexity index is 745. The van der Waals surface area contributed by atoms with Gasteiger partial charge in [-0.1, -0.05) is 18.2 Å². The quantitative estimate of drug-likeness (QED) is 0.935. The van der Waals surface area contributed by atoms with Crippen LogP contribution in [0.25, 0.3) is 0 Å². The van der Waals surface area contributed by atoms with Gasteiger partial charge in [0.1, 0.15) is 19.0 Å². The predicted molar refractivity (Wildman–Crippen MR) is 86.3 cm³/mol. The highest BCUT2D eigenvalue weighted by atomic mass is 19.1. The molecule has 2 aromatic carbocycles. The lowest BCUT2D eigenvalue weighted by Gasteiger charge is -2.22. The average molecular weight is 331 g/mol. The summed E-state index contributed by atoms with van der Waals surface area (Å²) in [5.41, 5.74) is 0.787. The van der Waals surface area contributed by atoms with Crippen LogP contribution in [0.2, 0.25) is 0 Å². The molecule has 24 heavy (non-hydrogen) atoms. The maximum atomic E-state index is 13.8. The number of methoxy groups -OCH3 is 1. The van der Waals surface area contributed by atoms with Gasteiger partial charge < -0.3 is 19.5 Å². The van der Waals surface area contributed by atoms with Gasteiger partial charge in [0.25, 0.3) is 5.91 Å². The number of ether oxygens (including phenoxy) is 3. The summed E-state index contributed by atoms with van der Waals surface area (Å²) in [6, 6.07) is 9.05. The SMILES string of the molecule is COc1cc(C(=O)NC(C)c2ccccc2F)cc2c1OCCO2. The molecule has 126 valence electrons. The van der Waals surface area contributed by atoms with Gasteiger partial charge in [0.05, 0.1) is 13.2 Å². The number of amides is 1. The first-order valence-corrected chi connectivity index (χ1v) is 7.63. The van der Waals surface area contributed by atoms with Crippen molar-refractivity contribution in [3.63, 3.8) is 0 Å². The van der Waals surface area contributed by atoms with Crippen molar-refractivity contribution in [2.45, 2.75) is 13.0 Å². The maximum Gasteiger partial charge on any atom is 0.252 e. The summed E-state index contributed by atoms with van der Waals surface area (Å²) in [6.45, 7) is 2.57. The molecule has 0 aromatic heterocycles. The van der Waals surface area contributed by atoms with Crippen LogP contribution in [-0.2, 0) is 0 Å². The molecule has 1 heterocycles. The number of halogens is 1. The van der Waals surface area contributed by atoms with Crippen LogP contribution < -0.4 is 19.5 Å². The third-order valence-corrected chi connectivity index (χ3v) is 3.81. The Morgan fingerprint density at radius 3 is 2.75 bits per heavy atom. The Hall–Kier alpha value is -2.76. The zero-order chi connectivity index (χ0) is 17.1. The van der Waals surface area contributed by atoms with Crippen LogP contribution in [0.3, 0.4) is 0 Å². The number of rotatable bonds is 4. The molecule has 1 amide bonds. The molecule has 1 aliphatic heterocycles.